The van der Waals surface area contributed by atoms with Crippen LogP contribution in [0.25, 0.3) is 0 Å². The van der Waals surface area contributed by atoms with Gasteiger partial charge in [0.15, 0.2) is 0 Å². The van der Waals surface area contributed by atoms with Crippen LogP contribution < -0.4 is 5.73 Å². The number of alkyl halides is 1. The molecule has 0 saturated heterocycles. The molecular formula is C12H20FN. The van der Waals surface area contributed by atoms with Gasteiger partial charge >= 0.3 is 0 Å². The van der Waals surface area contributed by atoms with E-state index in [9.17, 15) is 4.39 Å². The maximum Gasteiger partial charge on any atom is 0.129 e. The summed E-state index contributed by atoms with van der Waals surface area (Å²) in [5, 5.41) is 0. The summed E-state index contributed by atoms with van der Waals surface area (Å²) in [5.41, 5.74) is 6.65. The van der Waals surface area contributed by atoms with E-state index in [0.717, 1.165) is 17.6 Å². The minimum Gasteiger partial charge on any atom is -0.405 e. The molecule has 0 heterocycles. The average molecular weight is 197 g/mol. The zero-order valence-corrected chi connectivity index (χ0v) is 9.52. The number of nitrogens with two attached hydrogens (primary N) is 1. The van der Waals surface area contributed by atoms with Gasteiger partial charge in [-0.05, 0) is 45.9 Å². The Kier molecular flexibility index (Phi) is 4.61. The normalized spacial score (nSPS) is 14.4. The van der Waals surface area contributed by atoms with Crippen LogP contribution in [0.15, 0.2) is 35.6 Å². The van der Waals surface area contributed by atoms with E-state index < -0.39 is 5.67 Å². The molecule has 80 valence electrons. The number of hydrogen-bond donors (Lipinski definition) is 1. The van der Waals surface area contributed by atoms with Crippen molar-refractivity contribution in [3.63, 3.8) is 0 Å². The quantitative estimate of drug-likeness (QED) is 0.686. The van der Waals surface area contributed by atoms with Gasteiger partial charge in [0, 0.05) is 0 Å². The predicted octanol–water partition coefficient (Wildman–Crippen LogP) is 3.49. The highest BCUT2D eigenvalue weighted by atomic mass is 19.1. The Morgan fingerprint density at radius 1 is 1.36 bits per heavy atom. The molecule has 0 atom stereocenters. The van der Waals surface area contributed by atoms with E-state index in [1.165, 1.54) is 13.8 Å². The summed E-state index contributed by atoms with van der Waals surface area (Å²) in [4.78, 5) is 0. The number of halogens is 1. The number of rotatable bonds is 4. The molecule has 0 aliphatic carbocycles. The van der Waals surface area contributed by atoms with Gasteiger partial charge in [-0.25, -0.2) is 4.39 Å². The Morgan fingerprint density at radius 2 is 1.86 bits per heavy atom. The molecule has 0 bridgehead atoms. The largest absolute Gasteiger partial charge is 0.405 e. The Morgan fingerprint density at radius 3 is 2.21 bits per heavy atom. The molecule has 0 spiro atoms. The SMILES string of the molecule is C=C(/C=C(\C)C/C(C)=C/N)C(C)(C)F. The van der Waals surface area contributed by atoms with Crippen LogP contribution in [0.3, 0.4) is 0 Å². The first-order valence-electron chi connectivity index (χ1n) is 4.70. The third-order valence-electron chi connectivity index (χ3n) is 2.03. The van der Waals surface area contributed by atoms with E-state index in [0.29, 0.717) is 5.57 Å². The van der Waals surface area contributed by atoms with E-state index in [4.69, 9.17) is 5.73 Å². The Labute approximate surface area is 86.2 Å². The first-order chi connectivity index (χ1) is 6.27. The molecular weight excluding hydrogens is 177 g/mol. The van der Waals surface area contributed by atoms with Crippen LogP contribution in [0, 0.1) is 0 Å². The fourth-order valence-electron chi connectivity index (χ4n) is 1.02. The van der Waals surface area contributed by atoms with Crippen LogP contribution in [0.2, 0.25) is 0 Å². The molecule has 2 N–H and O–H groups in total. The molecule has 1 nitrogen and oxygen atoms in total. The molecule has 0 radical (unpaired) electrons. The van der Waals surface area contributed by atoms with Crippen molar-refractivity contribution >= 4 is 0 Å². The molecule has 0 aromatic heterocycles. The van der Waals surface area contributed by atoms with Gasteiger partial charge in [0.1, 0.15) is 5.67 Å². The number of hydrogen-bond acceptors (Lipinski definition) is 1. The number of allylic oxidation sites excluding steroid dienone is 4. The molecule has 0 aliphatic rings. The summed E-state index contributed by atoms with van der Waals surface area (Å²) >= 11 is 0. The van der Waals surface area contributed by atoms with Crippen LogP contribution in [0.1, 0.15) is 34.1 Å². The van der Waals surface area contributed by atoms with Crippen molar-refractivity contribution in [3.05, 3.63) is 35.6 Å². The van der Waals surface area contributed by atoms with Gasteiger partial charge in [0.25, 0.3) is 0 Å². The summed E-state index contributed by atoms with van der Waals surface area (Å²) in [6.45, 7) is 10.6. The van der Waals surface area contributed by atoms with Crippen LogP contribution >= 0.6 is 0 Å². The molecule has 0 aromatic carbocycles. The van der Waals surface area contributed by atoms with Crippen molar-refractivity contribution in [1.29, 1.82) is 0 Å². The van der Waals surface area contributed by atoms with E-state index in [1.807, 2.05) is 13.8 Å². The van der Waals surface area contributed by atoms with Crippen LogP contribution in [-0.2, 0) is 0 Å². The van der Waals surface area contributed by atoms with Crippen LogP contribution in [0.5, 0.6) is 0 Å². The molecule has 0 rings (SSSR count). The second kappa shape index (κ2) is 4.99. The standard InChI is InChI=1S/C12H20FN/c1-9(6-10(2)8-14)7-11(3)12(4,5)13/h7-8H,3,6,14H2,1-2,4-5H3/b9-7+,10-8+. The lowest BCUT2D eigenvalue weighted by atomic mass is 9.98. The smallest absolute Gasteiger partial charge is 0.129 e. The lowest BCUT2D eigenvalue weighted by Gasteiger charge is -2.15. The minimum atomic E-state index is -1.35. The third kappa shape index (κ3) is 4.85. The van der Waals surface area contributed by atoms with Crippen molar-refractivity contribution in [3.8, 4) is 0 Å². The topological polar surface area (TPSA) is 26.0 Å². The Hall–Kier alpha value is -1.05. The van der Waals surface area contributed by atoms with Crippen molar-refractivity contribution in [1.82, 2.24) is 0 Å². The summed E-state index contributed by atoms with van der Waals surface area (Å²) in [6, 6.07) is 0. The summed E-state index contributed by atoms with van der Waals surface area (Å²) < 4.78 is 13.4. The Bertz CT molecular complexity index is 267. The van der Waals surface area contributed by atoms with Crippen LogP contribution in [-0.4, -0.2) is 5.67 Å². The molecule has 0 aromatic rings. The second-order valence-electron chi connectivity index (χ2n) is 4.18. The van der Waals surface area contributed by atoms with E-state index in [2.05, 4.69) is 6.58 Å². The average Bonchev–Trinajstić information content (AvgIpc) is 2.02. The highest BCUT2D eigenvalue weighted by Crippen LogP contribution is 2.22. The molecule has 2 heteroatoms. The van der Waals surface area contributed by atoms with E-state index >= 15 is 0 Å². The summed E-state index contributed by atoms with van der Waals surface area (Å²) in [6.07, 6.45) is 4.12. The first kappa shape index (κ1) is 12.9. The zero-order valence-electron chi connectivity index (χ0n) is 9.52. The highest BCUT2D eigenvalue weighted by Gasteiger charge is 2.17. The molecule has 14 heavy (non-hydrogen) atoms. The molecule has 0 amide bonds. The predicted molar refractivity (Wildman–Crippen MR) is 60.6 cm³/mol. The maximum atomic E-state index is 13.4. The van der Waals surface area contributed by atoms with Gasteiger partial charge in [0.05, 0.1) is 0 Å². The molecule has 0 fully saturated rings. The lowest BCUT2D eigenvalue weighted by Crippen LogP contribution is -2.13. The lowest BCUT2D eigenvalue weighted by molar-refractivity contribution is 0.274. The fraction of sp³-hybridized carbons (Fsp3) is 0.500. The second-order valence-corrected chi connectivity index (χ2v) is 4.18. The van der Waals surface area contributed by atoms with Gasteiger partial charge < -0.3 is 5.73 Å². The minimum absolute atomic E-state index is 0.500. The van der Waals surface area contributed by atoms with E-state index in [1.54, 1.807) is 12.3 Å². The monoisotopic (exact) mass is 197 g/mol. The molecule has 0 unspecified atom stereocenters. The van der Waals surface area contributed by atoms with Gasteiger partial charge in [-0.3, -0.25) is 0 Å². The van der Waals surface area contributed by atoms with Gasteiger partial charge in [-0.1, -0.05) is 23.8 Å². The van der Waals surface area contributed by atoms with Gasteiger partial charge in [0.2, 0.25) is 0 Å². The highest BCUT2D eigenvalue weighted by molar-refractivity contribution is 5.28. The van der Waals surface area contributed by atoms with Gasteiger partial charge in [-0.15, -0.1) is 0 Å². The van der Waals surface area contributed by atoms with Gasteiger partial charge in [-0.2, -0.15) is 0 Å². The van der Waals surface area contributed by atoms with Crippen LogP contribution in [0.4, 0.5) is 4.39 Å². The zero-order chi connectivity index (χ0) is 11.4. The van der Waals surface area contributed by atoms with Crippen molar-refractivity contribution in [2.75, 3.05) is 0 Å². The third-order valence-corrected chi connectivity index (χ3v) is 2.03. The summed E-state index contributed by atoms with van der Waals surface area (Å²) in [5.74, 6) is 0. The van der Waals surface area contributed by atoms with E-state index in [-0.39, 0.29) is 0 Å². The Balaban J connectivity index is 4.47. The molecule has 0 saturated carbocycles. The van der Waals surface area contributed by atoms with Crippen molar-refractivity contribution in [2.45, 2.75) is 39.8 Å². The summed E-state index contributed by atoms with van der Waals surface area (Å²) in [7, 11) is 0. The first-order valence-corrected chi connectivity index (χ1v) is 4.70. The molecule has 0 aliphatic heterocycles. The fourth-order valence-corrected chi connectivity index (χ4v) is 1.02. The van der Waals surface area contributed by atoms with Crippen molar-refractivity contribution < 1.29 is 4.39 Å². The van der Waals surface area contributed by atoms with Crippen molar-refractivity contribution in [2.24, 2.45) is 5.73 Å². The maximum absolute atomic E-state index is 13.4.